The fourth-order valence-electron chi connectivity index (χ4n) is 3.02. The van der Waals surface area contributed by atoms with Gasteiger partial charge < -0.3 is 10.4 Å². The number of hydrogen-bond donors (Lipinski definition) is 2. The molecule has 2 N–H and O–H groups in total. The summed E-state index contributed by atoms with van der Waals surface area (Å²) in [5.41, 5.74) is -0.802. The molecule has 6 heteroatoms. The van der Waals surface area contributed by atoms with E-state index in [4.69, 9.17) is 0 Å². The number of piperidine rings is 1. The summed E-state index contributed by atoms with van der Waals surface area (Å²) in [6.45, 7) is 1.68. The van der Waals surface area contributed by atoms with Crippen molar-refractivity contribution in [1.82, 2.24) is 9.62 Å². The molecule has 2 aliphatic rings. The summed E-state index contributed by atoms with van der Waals surface area (Å²) in [7, 11) is -1.68. The maximum Gasteiger partial charge on any atom is 0.218 e. The van der Waals surface area contributed by atoms with Gasteiger partial charge in [-0.3, -0.25) is 0 Å². The van der Waals surface area contributed by atoms with Crippen LogP contribution < -0.4 is 5.32 Å². The van der Waals surface area contributed by atoms with Gasteiger partial charge in [0, 0.05) is 20.1 Å². The van der Waals surface area contributed by atoms with Gasteiger partial charge in [-0.1, -0.05) is 12.8 Å². The average Bonchev–Trinajstić information content (AvgIpc) is 2.77. The Labute approximate surface area is 110 Å². The van der Waals surface area contributed by atoms with E-state index in [0.29, 0.717) is 6.54 Å². The van der Waals surface area contributed by atoms with Crippen molar-refractivity contribution in [3.8, 4) is 0 Å². The zero-order valence-electron chi connectivity index (χ0n) is 11.1. The summed E-state index contributed by atoms with van der Waals surface area (Å²) in [6.07, 6.45) is 5.05. The summed E-state index contributed by atoms with van der Waals surface area (Å²) >= 11 is 0. The van der Waals surface area contributed by atoms with Gasteiger partial charge in [0.15, 0.2) is 0 Å². The minimum Gasteiger partial charge on any atom is -0.389 e. The van der Waals surface area contributed by atoms with Gasteiger partial charge in [-0.05, 0) is 32.2 Å². The van der Waals surface area contributed by atoms with Crippen LogP contribution in [0.5, 0.6) is 0 Å². The summed E-state index contributed by atoms with van der Waals surface area (Å²) < 4.78 is 26.2. The molecule has 0 aromatic carbocycles. The van der Waals surface area contributed by atoms with Crippen LogP contribution in [0.15, 0.2) is 0 Å². The molecule has 0 spiro atoms. The van der Waals surface area contributed by atoms with Crippen molar-refractivity contribution in [3.05, 3.63) is 0 Å². The SMILES string of the molecule is CN(CC1(O)CCCC1)S(=O)(=O)C1CCCNC1. The van der Waals surface area contributed by atoms with Gasteiger partial charge in [-0.2, -0.15) is 0 Å². The van der Waals surface area contributed by atoms with Gasteiger partial charge in [-0.25, -0.2) is 12.7 Å². The molecular formula is C12H24N2O3S. The first-order valence-electron chi connectivity index (χ1n) is 6.82. The molecule has 18 heavy (non-hydrogen) atoms. The molecular weight excluding hydrogens is 252 g/mol. The van der Waals surface area contributed by atoms with Gasteiger partial charge in [0.1, 0.15) is 0 Å². The maximum atomic E-state index is 12.4. The standard InChI is InChI=1S/C12H24N2O3S/c1-14(10-12(15)6-2-3-7-12)18(16,17)11-5-4-8-13-9-11/h11,13,15H,2-10H2,1H3. The third kappa shape index (κ3) is 3.04. The van der Waals surface area contributed by atoms with Crippen molar-refractivity contribution in [3.63, 3.8) is 0 Å². The molecule has 1 saturated carbocycles. The van der Waals surface area contributed by atoms with Gasteiger partial charge >= 0.3 is 0 Å². The molecule has 5 nitrogen and oxygen atoms in total. The first-order valence-corrected chi connectivity index (χ1v) is 8.33. The average molecular weight is 276 g/mol. The van der Waals surface area contributed by atoms with Crippen molar-refractivity contribution >= 4 is 10.0 Å². The van der Waals surface area contributed by atoms with Crippen LogP contribution in [-0.2, 0) is 10.0 Å². The monoisotopic (exact) mass is 276 g/mol. The van der Waals surface area contributed by atoms with Crippen molar-refractivity contribution in [2.45, 2.75) is 49.4 Å². The van der Waals surface area contributed by atoms with E-state index >= 15 is 0 Å². The number of nitrogens with zero attached hydrogens (tertiary/aromatic N) is 1. The number of nitrogens with one attached hydrogen (secondary N) is 1. The highest BCUT2D eigenvalue weighted by Crippen LogP contribution is 2.31. The summed E-state index contributed by atoms with van der Waals surface area (Å²) in [4.78, 5) is 0. The van der Waals surface area contributed by atoms with Crippen molar-refractivity contribution in [2.24, 2.45) is 0 Å². The lowest BCUT2D eigenvalue weighted by molar-refractivity contribution is 0.0331. The molecule has 0 bridgehead atoms. The molecule has 1 saturated heterocycles. The second-order valence-electron chi connectivity index (χ2n) is 5.70. The number of aliphatic hydroxyl groups is 1. The zero-order valence-corrected chi connectivity index (χ0v) is 11.9. The first-order chi connectivity index (χ1) is 8.44. The fourth-order valence-corrected chi connectivity index (χ4v) is 4.75. The summed E-state index contributed by atoms with van der Waals surface area (Å²) in [5.74, 6) is 0. The first kappa shape index (κ1) is 14.2. The van der Waals surface area contributed by atoms with E-state index in [1.807, 2.05) is 0 Å². The topological polar surface area (TPSA) is 69.6 Å². The minimum absolute atomic E-state index is 0.242. The molecule has 1 heterocycles. The van der Waals surface area contributed by atoms with E-state index in [1.165, 1.54) is 4.31 Å². The fraction of sp³-hybridized carbons (Fsp3) is 1.00. The van der Waals surface area contributed by atoms with Gasteiger partial charge in [-0.15, -0.1) is 0 Å². The Hall–Kier alpha value is -0.170. The lowest BCUT2D eigenvalue weighted by atomic mass is 10.0. The minimum atomic E-state index is -3.28. The van der Waals surface area contributed by atoms with E-state index in [9.17, 15) is 13.5 Å². The molecule has 1 atom stereocenters. The molecule has 106 valence electrons. The molecule has 1 unspecified atom stereocenters. The quantitative estimate of drug-likeness (QED) is 0.775. The maximum absolute atomic E-state index is 12.4. The summed E-state index contributed by atoms with van der Waals surface area (Å²) in [6, 6.07) is 0. The van der Waals surface area contributed by atoms with Crippen molar-refractivity contribution in [1.29, 1.82) is 0 Å². The molecule has 0 amide bonds. The molecule has 2 fully saturated rings. The molecule has 0 aromatic heterocycles. The zero-order chi connectivity index (χ0) is 13.2. The van der Waals surface area contributed by atoms with E-state index in [0.717, 1.165) is 45.1 Å². The largest absolute Gasteiger partial charge is 0.389 e. The van der Waals surface area contributed by atoms with Crippen LogP contribution in [0, 0.1) is 0 Å². The van der Waals surface area contributed by atoms with E-state index < -0.39 is 15.6 Å². The number of rotatable bonds is 4. The van der Waals surface area contributed by atoms with E-state index in [2.05, 4.69) is 5.32 Å². The smallest absolute Gasteiger partial charge is 0.218 e. The second-order valence-corrected chi connectivity index (χ2v) is 8.02. The third-order valence-electron chi connectivity index (χ3n) is 4.16. The highest BCUT2D eigenvalue weighted by atomic mass is 32.2. The van der Waals surface area contributed by atoms with Crippen LogP contribution in [-0.4, -0.2) is 55.4 Å². The molecule has 0 aromatic rings. The Morgan fingerprint density at radius 1 is 1.33 bits per heavy atom. The predicted molar refractivity (Wildman–Crippen MR) is 70.9 cm³/mol. The lowest BCUT2D eigenvalue weighted by Gasteiger charge is -2.32. The highest BCUT2D eigenvalue weighted by Gasteiger charge is 2.38. The van der Waals surface area contributed by atoms with Crippen molar-refractivity contribution < 1.29 is 13.5 Å². The van der Waals surface area contributed by atoms with Gasteiger partial charge in [0.2, 0.25) is 10.0 Å². The van der Waals surface area contributed by atoms with E-state index in [-0.39, 0.29) is 11.8 Å². The Morgan fingerprint density at radius 3 is 2.56 bits per heavy atom. The Bertz CT molecular complexity index is 371. The number of likely N-dealkylation sites (N-methyl/N-ethyl adjacent to an activating group) is 1. The van der Waals surface area contributed by atoms with Crippen LogP contribution in [0.2, 0.25) is 0 Å². The number of hydrogen-bond acceptors (Lipinski definition) is 4. The Kier molecular flexibility index (Phi) is 4.31. The molecule has 1 aliphatic carbocycles. The molecule has 0 radical (unpaired) electrons. The van der Waals surface area contributed by atoms with Crippen LogP contribution >= 0.6 is 0 Å². The van der Waals surface area contributed by atoms with E-state index in [1.54, 1.807) is 7.05 Å². The number of sulfonamides is 1. The van der Waals surface area contributed by atoms with Crippen LogP contribution in [0.25, 0.3) is 0 Å². The highest BCUT2D eigenvalue weighted by molar-refractivity contribution is 7.89. The van der Waals surface area contributed by atoms with Crippen molar-refractivity contribution in [2.75, 3.05) is 26.7 Å². The van der Waals surface area contributed by atoms with Crippen LogP contribution in [0.1, 0.15) is 38.5 Å². The van der Waals surface area contributed by atoms with Gasteiger partial charge in [0.25, 0.3) is 0 Å². The van der Waals surface area contributed by atoms with Gasteiger partial charge in [0.05, 0.1) is 10.9 Å². The molecule has 1 aliphatic heterocycles. The predicted octanol–water partition coefficient (Wildman–Crippen LogP) is 0.305. The van der Waals surface area contributed by atoms with Crippen LogP contribution in [0.3, 0.4) is 0 Å². The third-order valence-corrected chi connectivity index (χ3v) is 6.40. The Morgan fingerprint density at radius 2 is 2.00 bits per heavy atom. The lowest BCUT2D eigenvalue weighted by Crippen LogP contribution is -2.49. The van der Waals surface area contributed by atoms with Crippen LogP contribution in [0.4, 0.5) is 0 Å². The summed E-state index contributed by atoms with van der Waals surface area (Å²) in [5, 5.41) is 13.1. The normalized spacial score (nSPS) is 28.7. The molecule has 2 rings (SSSR count). The second kappa shape index (κ2) is 5.45. The Balaban J connectivity index is 2.00.